The minimum absolute atomic E-state index is 0.125. The molecule has 19 heavy (non-hydrogen) atoms. The molecule has 2 heterocycles. The van der Waals surface area contributed by atoms with Crippen molar-refractivity contribution in [2.45, 2.75) is 85.0 Å². The highest BCUT2D eigenvalue weighted by molar-refractivity contribution is 4.83. The molecule has 2 rings (SSSR count). The van der Waals surface area contributed by atoms with Crippen molar-refractivity contribution in [2.24, 2.45) is 0 Å². The number of rotatable bonds is 1. The van der Waals surface area contributed by atoms with Gasteiger partial charge in [0.15, 0.2) is 17.9 Å². The third kappa shape index (κ3) is 7.22. The fraction of sp³-hybridized carbons (Fsp3) is 1.00. The maximum Gasteiger partial charge on any atom is 0.187 e. The van der Waals surface area contributed by atoms with Crippen LogP contribution in [-0.2, 0) is 18.9 Å². The SMILES string of the molecule is CC.COC(C)(C)O.C[C@H]1CC2OC(C)(C)OC2O1. The predicted octanol–water partition coefficient (Wildman–Crippen LogP) is 2.66. The molecular formula is C14H30O5. The largest absolute Gasteiger partial charge is 0.366 e. The summed E-state index contributed by atoms with van der Waals surface area (Å²) in [6.45, 7) is 13.0. The molecule has 2 unspecified atom stereocenters. The summed E-state index contributed by atoms with van der Waals surface area (Å²) in [4.78, 5) is 0. The van der Waals surface area contributed by atoms with Gasteiger partial charge in [0.25, 0.3) is 0 Å². The first-order valence-corrected chi connectivity index (χ1v) is 6.91. The Labute approximate surface area is 117 Å². The van der Waals surface area contributed by atoms with E-state index in [9.17, 15) is 0 Å². The number of ether oxygens (including phenoxy) is 4. The third-order valence-electron chi connectivity index (χ3n) is 2.57. The highest BCUT2D eigenvalue weighted by Gasteiger charge is 2.47. The van der Waals surface area contributed by atoms with Crippen molar-refractivity contribution in [1.82, 2.24) is 0 Å². The summed E-state index contributed by atoms with van der Waals surface area (Å²) in [5.74, 6) is -1.41. The number of hydrogen-bond acceptors (Lipinski definition) is 5. The van der Waals surface area contributed by atoms with E-state index in [-0.39, 0.29) is 18.5 Å². The van der Waals surface area contributed by atoms with Crippen LogP contribution in [0.2, 0.25) is 0 Å². The standard InChI is InChI=1S/C8H14O3.C4H10O2.C2H6/c1-5-4-6-7(9-5)11-8(2,3)10-6;1-4(2,5)6-3;1-2/h5-7H,4H2,1-3H3;5H,1-3H3;1-2H3/t5-,6?,7?;;/m0../s1. The van der Waals surface area contributed by atoms with Gasteiger partial charge in [-0.1, -0.05) is 13.8 Å². The second-order valence-corrected chi connectivity index (χ2v) is 5.38. The predicted molar refractivity (Wildman–Crippen MR) is 73.6 cm³/mol. The topological polar surface area (TPSA) is 57.2 Å². The molecule has 2 aliphatic rings. The Morgan fingerprint density at radius 3 is 2.05 bits per heavy atom. The molecule has 0 radical (unpaired) electrons. The summed E-state index contributed by atoms with van der Waals surface area (Å²) < 4.78 is 21.1. The van der Waals surface area contributed by atoms with Crippen molar-refractivity contribution in [1.29, 1.82) is 0 Å². The van der Waals surface area contributed by atoms with Crippen LogP contribution in [-0.4, -0.2) is 42.3 Å². The number of aliphatic hydroxyl groups is 1. The van der Waals surface area contributed by atoms with Gasteiger partial charge in [-0.25, -0.2) is 0 Å². The fourth-order valence-corrected chi connectivity index (χ4v) is 1.69. The molecular weight excluding hydrogens is 248 g/mol. The molecule has 2 saturated heterocycles. The maximum absolute atomic E-state index is 8.60. The lowest BCUT2D eigenvalue weighted by Gasteiger charge is -2.18. The van der Waals surface area contributed by atoms with Crippen molar-refractivity contribution in [3.63, 3.8) is 0 Å². The highest BCUT2D eigenvalue weighted by atomic mass is 16.8. The highest BCUT2D eigenvalue weighted by Crippen LogP contribution is 2.36. The van der Waals surface area contributed by atoms with Crippen LogP contribution >= 0.6 is 0 Å². The van der Waals surface area contributed by atoms with Crippen molar-refractivity contribution < 1.29 is 24.1 Å². The summed E-state index contributed by atoms with van der Waals surface area (Å²) in [5, 5.41) is 8.60. The quantitative estimate of drug-likeness (QED) is 0.747. The van der Waals surface area contributed by atoms with E-state index < -0.39 is 11.6 Å². The van der Waals surface area contributed by atoms with Gasteiger partial charge in [-0.15, -0.1) is 0 Å². The van der Waals surface area contributed by atoms with E-state index in [0.717, 1.165) is 6.42 Å². The van der Waals surface area contributed by atoms with E-state index in [1.165, 1.54) is 7.11 Å². The smallest absolute Gasteiger partial charge is 0.187 e. The Hall–Kier alpha value is -0.200. The molecule has 5 nitrogen and oxygen atoms in total. The second kappa shape index (κ2) is 7.55. The van der Waals surface area contributed by atoms with Crippen LogP contribution in [0.4, 0.5) is 0 Å². The van der Waals surface area contributed by atoms with Crippen LogP contribution in [0.25, 0.3) is 0 Å². The average Bonchev–Trinajstić information content (AvgIpc) is 2.72. The minimum atomic E-state index is -0.958. The van der Waals surface area contributed by atoms with Gasteiger partial charge in [0, 0.05) is 13.5 Å². The zero-order valence-electron chi connectivity index (χ0n) is 13.5. The number of hydrogen-bond donors (Lipinski definition) is 1. The fourth-order valence-electron chi connectivity index (χ4n) is 1.69. The van der Waals surface area contributed by atoms with Crippen molar-refractivity contribution in [2.75, 3.05) is 7.11 Å². The van der Waals surface area contributed by atoms with E-state index in [1.807, 2.05) is 34.6 Å². The van der Waals surface area contributed by atoms with Crippen LogP contribution in [0.1, 0.15) is 54.9 Å². The molecule has 1 N–H and O–H groups in total. The van der Waals surface area contributed by atoms with Gasteiger partial charge in [-0.05, 0) is 34.6 Å². The van der Waals surface area contributed by atoms with Gasteiger partial charge in [0.05, 0.1) is 6.10 Å². The molecule has 3 atom stereocenters. The molecule has 0 bridgehead atoms. The Balaban J connectivity index is 0.000000350. The normalized spacial score (nSPS) is 31.7. The van der Waals surface area contributed by atoms with Gasteiger partial charge in [-0.2, -0.15) is 0 Å². The lowest BCUT2D eigenvalue weighted by Crippen LogP contribution is -2.24. The molecule has 0 aromatic carbocycles. The maximum atomic E-state index is 8.60. The first-order chi connectivity index (χ1) is 8.63. The van der Waals surface area contributed by atoms with E-state index in [1.54, 1.807) is 13.8 Å². The number of methoxy groups -OCH3 is 1. The molecule has 0 aromatic rings. The lowest BCUT2D eigenvalue weighted by atomic mass is 10.2. The first-order valence-electron chi connectivity index (χ1n) is 6.91. The van der Waals surface area contributed by atoms with Gasteiger partial charge in [0.1, 0.15) is 6.10 Å². The van der Waals surface area contributed by atoms with Crippen molar-refractivity contribution in [3.8, 4) is 0 Å². The Bertz CT molecular complexity index is 231. The van der Waals surface area contributed by atoms with E-state index in [4.69, 9.17) is 19.3 Å². The van der Waals surface area contributed by atoms with Crippen LogP contribution in [0, 0.1) is 0 Å². The third-order valence-corrected chi connectivity index (χ3v) is 2.57. The molecule has 0 spiro atoms. The van der Waals surface area contributed by atoms with E-state index in [2.05, 4.69) is 4.74 Å². The number of fused-ring (bicyclic) bond motifs is 1. The van der Waals surface area contributed by atoms with Gasteiger partial charge >= 0.3 is 0 Å². The van der Waals surface area contributed by atoms with E-state index in [0.29, 0.717) is 0 Å². The molecule has 5 heteroatoms. The summed E-state index contributed by atoms with van der Waals surface area (Å²) >= 11 is 0. The molecule has 0 aliphatic carbocycles. The summed E-state index contributed by atoms with van der Waals surface area (Å²) in [6, 6.07) is 0. The van der Waals surface area contributed by atoms with Crippen LogP contribution in [0.5, 0.6) is 0 Å². The molecule has 0 saturated carbocycles. The molecule has 2 aliphatic heterocycles. The lowest BCUT2D eigenvalue weighted by molar-refractivity contribution is -0.202. The zero-order valence-corrected chi connectivity index (χ0v) is 13.5. The van der Waals surface area contributed by atoms with Crippen molar-refractivity contribution in [3.05, 3.63) is 0 Å². The minimum Gasteiger partial charge on any atom is -0.366 e. The average molecular weight is 278 g/mol. The van der Waals surface area contributed by atoms with Gasteiger partial charge < -0.3 is 24.1 Å². The van der Waals surface area contributed by atoms with Crippen LogP contribution in [0.3, 0.4) is 0 Å². The van der Waals surface area contributed by atoms with E-state index >= 15 is 0 Å². The first kappa shape index (κ1) is 18.8. The zero-order chi connectivity index (χ0) is 15.3. The summed E-state index contributed by atoms with van der Waals surface area (Å²) in [7, 11) is 1.46. The van der Waals surface area contributed by atoms with Crippen molar-refractivity contribution >= 4 is 0 Å². The summed E-state index contributed by atoms with van der Waals surface area (Å²) in [6.07, 6.45) is 1.26. The Morgan fingerprint density at radius 2 is 1.68 bits per heavy atom. The molecule has 0 amide bonds. The van der Waals surface area contributed by atoms with Crippen LogP contribution < -0.4 is 0 Å². The second-order valence-electron chi connectivity index (χ2n) is 5.38. The van der Waals surface area contributed by atoms with Gasteiger partial charge in [-0.3, -0.25) is 0 Å². The Kier molecular flexibility index (Phi) is 7.47. The van der Waals surface area contributed by atoms with Crippen LogP contribution in [0.15, 0.2) is 0 Å². The molecule has 116 valence electrons. The molecule has 2 fully saturated rings. The Morgan fingerprint density at radius 1 is 1.21 bits per heavy atom. The molecule has 0 aromatic heterocycles. The monoisotopic (exact) mass is 278 g/mol. The van der Waals surface area contributed by atoms with Gasteiger partial charge in [0.2, 0.25) is 0 Å². The summed E-state index contributed by atoms with van der Waals surface area (Å²) in [5.41, 5.74) is 0.